The number of benzene rings is 2. The van der Waals surface area contributed by atoms with Gasteiger partial charge >= 0.3 is 0 Å². The number of aromatic nitrogens is 2. The number of nitrogens with zero attached hydrogens (tertiary/aromatic N) is 3. The van der Waals surface area contributed by atoms with E-state index >= 15 is 0 Å². The molecule has 1 aromatic heterocycles. The van der Waals surface area contributed by atoms with Gasteiger partial charge in [-0.05, 0) is 58.8 Å². The van der Waals surface area contributed by atoms with Crippen LogP contribution in [0, 0.1) is 11.8 Å². The minimum Gasteiger partial charge on any atom is -0.493 e. The summed E-state index contributed by atoms with van der Waals surface area (Å²) in [5, 5.41) is 18.7. The van der Waals surface area contributed by atoms with Crippen molar-refractivity contribution in [2.24, 2.45) is 11.8 Å². The molecule has 152 valence electrons. The first-order chi connectivity index (χ1) is 14.2. The SMILES string of the molecule is COc1ccccc1O[C@@H]1C[C@@H]2CN(Cc3cccc4nonc34)C[C@@H]2C[C@H]1O. The summed E-state index contributed by atoms with van der Waals surface area (Å²) in [6, 6.07) is 13.6. The fraction of sp³-hybridized carbons (Fsp3) is 0.455. The van der Waals surface area contributed by atoms with Crippen LogP contribution in [0.3, 0.4) is 0 Å². The minimum atomic E-state index is -0.468. The smallest absolute Gasteiger partial charge is 0.161 e. The summed E-state index contributed by atoms with van der Waals surface area (Å²) in [5.74, 6) is 2.38. The summed E-state index contributed by atoms with van der Waals surface area (Å²) in [5.41, 5.74) is 2.75. The van der Waals surface area contributed by atoms with Crippen LogP contribution in [0.25, 0.3) is 11.0 Å². The molecule has 7 heteroatoms. The third-order valence-corrected chi connectivity index (χ3v) is 6.27. The quantitative estimate of drug-likeness (QED) is 0.711. The lowest BCUT2D eigenvalue weighted by Gasteiger charge is -2.35. The van der Waals surface area contributed by atoms with Crippen molar-refractivity contribution in [1.82, 2.24) is 15.2 Å². The molecule has 29 heavy (non-hydrogen) atoms. The Balaban J connectivity index is 1.27. The van der Waals surface area contributed by atoms with E-state index in [0.29, 0.717) is 23.3 Å². The van der Waals surface area contributed by atoms with Crippen LogP contribution in [0.1, 0.15) is 18.4 Å². The number of aliphatic hydroxyl groups is 1. The van der Waals surface area contributed by atoms with E-state index in [4.69, 9.17) is 14.1 Å². The standard InChI is InChI=1S/C22H25N3O4/c1-27-19-7-2-3-8-20(19)28-21-10-16-13-25(12-15(16)9-18(21)26)11-14-5-4-6-17-22(14)24-29-23-17/h2-8,15-16,18,21,26H,9-13H2,1H3/t15-,16+,18+,21+/m0/s1. The molecule has 3 aromatic rings. The van der Waals surface area contributed by atoms with Crippen LogP contribution in [0.2, 0.25) is 0 Å². The summed E-state index contributed by atoms with van der Waals surface area (Å²) >= 11 is 0. The fourth-order valence-corrected chi connectivity index (χ4v) is 4.85. The second-order valence-electron chi connectivity index (χ2n) is 8.11. The highest BCUT2D eigenvalue weighted by molar-refractivity contribution is 5.76. The topological polar surface area (TPSA) is 80.9 Å². The summed E-state index contributed by atoms with van der Waals surface area (Å²) in [4.78, 5) is 2.44. The van der Waals surface area contributed by atoms with Gasteiger partial charge in [-0.1, -0.05) is 24.3 Å². The predicted octanol–water partition coefficient (Wildman–Crippen LogP) is 2.88. The number of hydrogen-bond acceptors (Lipinski definition) is 7. The van der Waals surface area contributed by atoms with E-state index in [-0.39, 0.29) is 6.10 Å². The third-order valence-electron chi connectivity index (χ3n) is 6.27. The highest BCUT2D eigenvalue weighted by Crippen LogP contribution is 2.39. The van der Waals surface area contributed by atoms with Gasteiger partial charge in [0.05, 0.1) is 13.2 Å². The Morgan fingerprint density at radius 3 is 2.66 bits per heavy atom. The van der Waals surface area contributed by atoms with Crippen molar-refractivity contribution in [3.05, 3.63) is 48.0 Å². The van der Waals surface area contributed by atoms with Gasteiger partial charge in [0.2, 0.25) is 0 Å². The largest absolute Gasteiger partial charge is 0.493 e. The average Bonchev–Trinajstić information content (AvgIpc) is 3.35. The first-order valence-corrected chi connectivity index (χ1v) is 10.1. The Bertz CT molecular complexity index is 991. The molecule has 2 aliphatic rings. The molecule has 2 heterocycles. The van der Waals surface area contributed by atoms with E-state index in [0.717, 1.165) is 49.1 Å². The minimum absolute atomic E-state index is 0.212. The van der Waals surface area contributed by atoms with Crippen LogP contribution in [-0.4, -0.2) is 52.7 Å². The zero-order valence-corrected chi connectivity index (χ0v) is 16.4. The molecule has 0 amide bonds. The Labute approximate surface area is 169 Å². The molecule has 2 fully saturated rings. The molecule has 4 atom stereocenters. The maximum absolute atomic E-state index is 10.7. The lowest BCUT2D eigenvalue weighted by Crippen LogP contribution is -2.42. The van der Waals surface area contributed by atoms with Crippen LogP contribution < -0.4 is 9.47 Å². The van der Waals surface area contributed by atoms with E-state index in [2.05, 4.69) is 21.3 Å². The van der Waals surface area contributed by atoms with Crippen molar-refractivity contribution in [2.45, 2.75) is 31.6 Å². The zero-order valence-electron chi connectivity index (χ0n) is 16.4. The van der Waals surface area contributed by atoms with E-state index in [1.54, 1.807) is 7.11 Å². The molecular weight excluding hydrogens is 370 g/mol. The summed E-state index contributed by atoms with van der Waals surface area (Å²) < 4.78 is 16.5. The van der Waals surface area contributed by atoms with Crippen molar-refractivity contribution in [3.8, 4) is 11.5 Å². The Morgan fingerprint density at radius 2 is 1.83 bits per heavy atom. The van der Waals surface area contributed by atoms with Crippen molar-refractivity contribution in [1.29, 1.82) is 0 Å². The van der Waals surface area contributed by atoms with Gasteiger partial charge in [-0.25, -0.2) is 4.63 Å². The van der Waals surface area contributed by atoms with Gasteiger partial charge in [0, 0.05) is 19.6 Å². The lowest BCUT2D eigenvalue weighted by molar-refractivity contribution is -0.0240. The predicted molar refractivity (Wildman–Crippen MR) is 107 cm³/mol. The first kappa shape index (κ1) is 18.4. The molecule has 0 bridgehead atoms. The molecule has 0 unspecified atom stereocenters. The molecule has 0 spiro atoms. The number of para-hydroxylation sites is 2. The number of fused-ring (bicyclic) bond motifs is 2. The second kappa shape index (κ2) is 7.65. The molecule has 1 aliphatic heterocycles. The van der Waals surface area contributed by atoms with Gasteiger partial charge in [-0.2, -0.15) is 0 Å². The van der Waals surface area contributed by atoms with Gasteiger partial charge in [-0.15, -0.1) is 0 Å². The molecule has 0 radical (unpaired) electrons. The first-order valence-electron chi connectivity index (χ1n) is 10.1. The zero-order chi connectivity index (χ0) is 19.8. The van der Waals surface area contributed by atoms with E-state index in [1.165, 1.54) is 0 Å². The average molecular weight is 395 g/mol. The van der Waals surface area contributed by atoms with Crippen LogP contribution >= 0.6 is 0 Å². The van der Waals surface area contributed by atoms with Crippen LogP contribution in [-0.2, 0) is 6.54 Å². The van der Waals surface area contributed by atoms with Crippen molar-refractivity contribution in [2.75, 3.05) is 20.2 Å². The van der Waals surface area contributed by atoms with E-state index in [1.807, 2.05) is 36.4 Å². The lowest BCUT2D eigenvalue weighted by atomic mass is 9.78. The Hall–Kier alpha value is -2.64. The number of hydrogen-bond donors (Lipinski definition) is 1. The molecule has 7 nitrogen and oxygen atoms in total. The highest BCUT2D eigenvalue weighted by Gasteiger charge is 2.42. The maximum atomic E-state index is 10.7. The molecular formula is C22H25N3O4. The second-order valence-corrected chi connectivity index (χ2v) is 8.11. The van der Waals surface area contributed by atoms with Crippen molar-refractivity contribution < 1.29 is 19.2 Å². The highest BCUT2D eigenvalue weighted by atomic mass is 16.6. The Morgan fingerprint density at radius 1 is 1.03 bits per heavy atom. The number of rotatable bonds is 5. The molecule has 5 rings (SSSR count). The normalized spacial score (nSPS) is 27.1. The fourth-order valence-electron chi connectivity index (χ4n) is 4.85. The summed E-state index contributed by atoms with van der Waals surface area (Å²) in [6.07, 6.45) is 0.923. The summed E-state index contributed by atoms with van der Waals surface area (Å²) in [6.45, 7) is 2.78. The molecule has 2 aromatic carbocycles. The third kappa shape index (κ3) is 3.56. The van der Waals surface area contributed by atoms with Gasteiger partial charge in [-0.3, -0.25) is 4.90 Å². The monoisotopic (exact) mass is 395 g/mol. The van der Waals surface area contributed by atoms with Gasteiger partial charge in [0.15, 0.2) is 11.5 Å². The number of aliphatic hydroxyl groups excluding tert-OH is 1. The van der Waals surface area contributed by atoms with E-state index in [9.17, 15) is 5.11 Å². The molecule has 1 saturated carbocycles. The molecule has 1 saturated heterocycles. The van der Waals surface area contributed by atoms with Crippen LogP contribution in [0.15, 0.2) is 47.1 Å². The molecule has 1 N–H and O–H groups in total. The molecule has 1 aliphatic carbocycles. The van der Waals surface area contributed by atoms with Gasteiger partial charge in [0.25, 0.3) is 0 Å². The number of likely N-dealkylation sites (tertiary alicyclic amines) is 1. The van der Waals surface area contributed by atoms with Gasteiger partial charge < -0.3 is 14.6 Å². The van der Waals surface area contributed by atoms with Gasteiger partial charge in [0.1, 0.15) is 17.1 Å². The van der Waals surface area contributed by atoms with E-state index < -0.39 is 6.10 Å². The maximum Gasteiger partial charge on any atom is 0.161 e. The van der Waals surface area contributed by atoms with Crippen molar-refractivity contribution in [3.63, 3.8) is 0 Å². The van der Waals surface area contributed by atoms with Crippen molar-refractivity contribution >= 4 is 11.0 Å². The van der Waals surface area contributed by atoms with Crippen LogP contribution in [0.4, 0.5) is 0 Å². The number of ether oxygens (including phenoxy) is 2. The van der Waals surface area contributed by atoms with Crippen LogP contribution in [0.5, 0.6) is 11.5 Å². The Kier molecular flexibility index (Phi) is 4.85. The number of methoxy groups -OCH3 is 1. The summed E-state index contributed by atoms with van der Waals surface area (Å²) in [7, 11) is 1.63.